The summed E-state index contributed by atoms with van der Waals surface area (Å²) < 4.78 is 31.2. The number of rotatable bonds is 7. The van der Waals surface area contributed by atoms with E-state index in [0.717, 1.165) is 12.1 Å². The van der Waals surface area contributed by atoms with E-state index >= 15 is 0 Å². The first kappa shape index (κ1) is 23.6. The van der Waals surface area contributed by atoms with Gasteiger partial charge in [-0.15, -0.1) is 12.4 Å². The second-order valence-electron chi connectivity index (χ2n) is 7.05. The Kier molecular flexibility index (Phi) is 7.41. The summed E-state index contributed by atoms with van der Waals surface area (Å²) in [5, 5.41) is 8.98. The molecule has 0 bridgehead atoms. The van der Waals surface area contributed by atoms with Gasteiger partial charge in [-0.1, -0.05) is 12.1 Å². The summed E-state index contributed by atoms with van der Waals surface area (Å²) in [5.74, 6) is -0.632. The Balaban J connectivity index is 0.00000320. The number of aromatic carboxylic acids is 1. The molecular formula is C21H23ClN2O5S. The van der Waals surface area contributed by atoms with Crippen LogP contribution in [0.3, 0.4) is 0 Å². The number of carboxylic acids is 1. The zero-order chi connectivity index (χ0) is 21.2. The van der Waals surface area contributed by atoms with E-state index in [1.54, 1.807) is 43.3 Å². The van der Waals surface area contributed by atoms with E-state index in [0.29, 0.717) is 17.0 Å². The molecule has 0 radical (unpaired) electrons. The number of sulfone groups is 1. The zero-order valence-corrected chi connectivity index (χ0v) is 18.5. The Labute approximate surface area is 181 Å². The number of aromatic nitrogens is 1. The summed E-state index contributed by atoms with van der Waals surface area (Å²) >= 11 is 0. The molecule has 0 amide bonds. The second kappa shape index (κ2) is 9.42. The highest BCUT2D eigenvalue weighted by Gasteiger charge is 2.21. The van der Waals surface area contributed by atoms with Crippen LogP contribution in [0.15, 0.2) is 57.8 Å². The summed E-state index contributed by atoms with van der Waals surface area (Å²) in [4.78, 5) is 17.5. The average Bonchev–Trinajstić information content (AvgIpc) is 3.01. The summed E-state index contributed by atoms with van der Waals surface area (Å²) in [6.07, 6.45) is 0. The Hall–Kier alpha value is -2.68. The lowest BCUT2D eigenvalue weighted by atomic mass is 10.1. The van der Waals surface area contributed by atoms with Gasteiger partial charge in [-0.05, 0) is 63.0 Å². The number of oxazole rings is 1. The first-order valence-electron chi connectivity index (χ1n) is 8.92. The fraction of sp³-hybridized carbons (Fsp3) is 0.238. The lowest BCUT2D eigenvalue weighted by Gasteiger charge is -2.10. The van der Waals surface area contributed by atoms with Crippen molar-refractivity contribution in [3.05, 3.63) is 71.1 Å². The first-order chi connectivity index (χ1) is 13.7. The quantitative estimate of drug-likeness (QED) is 0.584. The molecule has 0 saturated carbocycles. The average molecular weight is 451 g/mol. The number of benzene rings is 2. The lowest BCUT2D eigenvalue weighted by Crippen LogP contribution is -2.11. The van der Waals surface area contributed by atoms with E-state index in [9.17, 15) is 13.2 Å². The van der Waals surface area contributed by atoms with Crippen LogP contribution >= 0.6 is 12.4 Å². The van der Waals surface area contributed by atoms with Gasteiger partial charge < -0.3 is 14.4 Å². The van der Waals surface area contributed by atoms with Crippen LogP contribution in [-0.2, 0) is 22.1 Å². The van der Waals surface area contributed by atoms with Gasteiger partial charge in [0, 0.05) is 12.1 Å². The van der Waals surface area contributed by atoms with Gasteiger partial charge in [0.2, 0.25) is 5.89 Å². The van der Waals surface area contributed by atoms with Gasteiger partial charge in [0.25, 0.3) is 0 Å². The van der Waals surface area contributed by atoms with Crippen LogP contribution in [0.2, 0.25) is 0 Å². The number of carbonyl (C=O) groups is 1. The van der Waals surface area contributed by atoms with Crippen molar-refractivity contribution in [2.24, 2.45) is 0 Å². The van der Waals surface area contributed by atoms with Gasteiger partial charge in [-0.3, -0.25) is 0 Å². The third-order valence-electron chi connectivity index (χ3n) is 4.38. The molecule has 9 heteroatoms. The van der Waals surface area contributed by atoms with E-state index < -0.39 is 15.8 Å². The van der Waals surface area contributed by atoms with Crippen molar-refractivity contribution in [1.82, 2.24) is 9.88 Å². The number of hydrogen-bond acceptors (Lipinski definition) is 6. The van der Waals surface area contributed by atoms with E-state index in [-0.39, 0.29) is 34.5 Å². The molecule has 0 aliphatic heterocycles. The molecule has 0 fully saturated rings. The van der Waals surface area contributed by atoms with Crippen molar-refractivity contribution in [3.63, 3.8) is 0 Å². The number of hydrogen-bond donors (Lipinski definition) is 1. The van der Waals surface area contributed by atoms with Crippen LogP contribution in [0.4, 0.5) is 0 Å². The highest BCUT2D eigenvalue weighted by molar-refractivity contribution is 7.90. The van der Waals surface area contributed by atoms with Gasteiger partial charge >= 0.3 is 5.97 Å². The molecule has 1 N–H and O–H groups in total. The molecule has 0 unspecified atom stereocenters. The molecule has 160 valence electrons. The highest BCUT2D eigenvalue weighted by atomic mass is 35.5. The smallest absolute Gasteiger partial charge is 0.335 e. The third-order valence-corrected chi connectivity index (χ3v) is 6.02. The van der Waals surface area contributed by atoms with Crippen LogP contribution in [0.25, 0.3) is 11.5 Å². The third kappa shape index (κ3) is 5.47. The normalized spacial score (nSPS) is 11.3. The van der Waals surface area contributed by atoms with Gasteiger partial charge in [0.05, 0.1) is 16.2 Å². The van der Waals surface area contributed by atoms with E-state index in [4.69, 9.17) is 9.52 Å². The number of carboxylic acid groups (broad SMARTS) is 1. The maximum atomic E-state index is 12.8. The van der Waals surface area contributed by atoms with Crippen molar-refractivity contribution in [1.29, 1.82) is 0 Å². The topological polar surface area (TPSA) is 101 Å². The van der Waals surface area contributed by atoms with Gasteiger partial charge in [-0.2, -0.15) is 0 Å². The van der Waals surface area contributed by atoms with Crippen LogP contribution in [0.5, 0.6) is 0 Å². The fourth-order valence-electron chi connectivity index (χ4n) is 2.87. The molecular weight excluding hydrogens is 428 g/mol. The predicted octanol–water partition coefficient (Wildman–Crippen LogP) is 3.81. The van der Waals surface area contributed by atoms with E-state index in [1.165, 1.54) is 12.1 Å². The Morgan fingerprint density at radius 1 is 1.07 bits per heavy atom. The minimum absolute atomic E-state index is 0. The molecule has 30 heavy (non-hydrogen) atoms. The molecule has 0 aliphatic carbocycles. The summed E-state index contributed by atoms with van der Waals surface area (Å²) in [6, 6.07) is 12.9. The first-order valence-corrected chi connectivity index (χ1v) is 10.6. The number of halogens is 1. The lowest BCUT2D eigenvalue weighted by molar-refractivity contribution is 0.0697. The second-order valence-corrected chi connectivity index (χ2v) is 9.03. The monoisotopic (exact) mass is 450 g/mol. The number of aryl methyl sites for hydroxylation is 1. The van der Waals surface area contributed by atoms with E-state index in [2.05, 4.69) is 4.98 Å². The maximum Gasteiger partial charge on any atom is 0.335 e. The fourth-order valence-corrected chi connectivity index (χ4v) is 4.22. The summed E-state index contributed by atoms with van der Waals surface area (Å²) in [7, 11) is 0.317. The largest absolute Gasteiger partial charge is 0.478 e. The number of nitrogens with zero attached hydrogens (tertiary/aromatic N) is 2. The van der Waals surface area contributed by atoms with Crippen LogP contribution in [-0.4, -0.2) is 43.5 Å². The maximum absolute atomic E-state index is 12.8. The Morgan fingerprint density at radius 3 is 2.20 bits per heavy atom. The van der Waals surface area contributed by atoms with Crippen molar-refractivity contribution in [3.8, 4) is 11.5 Å². The molecule has 2 aromatic carbocycles. The molecule has 1 aromatic heterocycles. The Bertz CT molecular complexity index is 1120. The molecule has 0 aliphatic rings. The minimum atomic E-state index is -3.58. The van der Waals surface area contributed by atoms with Crippen LogP contribution in [0.1, 0.15) is 27.4 Å². The van der Waals surface area contributed by atoms with Gasteiger partial charge in [-0.25, -0.2) is 18.2 Å². The standard InChI is InChI=1S/C21H22N2O5S.ClH/c1-14-19(22-20(28-14)16-6-8-17(9-7-16)21(24)25)13-29(26,27)18-10-4-15(5-11-18)12-23(2)3;/h4-11H,12-13H2,1-3H3,(H,24,25);1H. The molecule has 0 spiro atoms. The van der Waals surface area contributed by atoms with Crippen LogP contribution < -0.4 is 0 Å². The molecule has 0 saturated heterocycles. The SMILES string of the molecule is Cc1oc(-c2ccc(C(=O)O)cc2)nc1CS(=O)(=O)c1ccc(CN(C)C)cc1.Cl. The zero-order valence-electron chi connectivity index (χ0n) is 16.8. The van der Waals surface area contributed by atoms with E-state index in [1.807, 2.05) is 19.0 Å². The Morgan fingerprint density at radius 2 is 1.67 bits per heavy atom. The van der Waals surface area contributed by atoms with Crippen molar-refractivity contribution < 1.29 is 22.7 Å². The molecule has 1 heterocycles. The van der Waals surface area contributed by atoms with Gasteiger partial charge in [0.1, 0.15) is 11.5 Å². The summed E-state index contributed by atoms with van der Waals surface area (Å²) in [6.45, 7) is 2.39. The van der Waals surface area contributed by atoms with Crippen LogP contribution in [0, 0.1) is 6.92 Å². The van der Waals surface area contributed by atoms with Crippen molar-refractivity contribution in [2.45, 2.75) is 24.1 Å². The van der Waals surface area contributed by atoms with Crippen molar-refractivity contribution >= 4 is 28.2 Å². The molecule has 3 rings (SSSR count). The van der Waals surface area contributed by atoms with Crippen molar-refractivity contribution in [2.75, 3.05) is 14.1 Å². The molecule has 7 nitrogen and oxygen atoms in total. The highest BCUT2D eigenvalue weighted by Crippen LogP contribution is 2.25. The minimum Gasteiger partial charge on any atom is -0.478 e. The molecule has 3 aromatic rings. The molecule has 0 atom stereocenters. The predicted molar refractivity (Wildman–Crippen MR) is 116 cm³/mol. The summed E-state index contributed by atoms with van der Waals surface area (Å²) in [5.41, 5.74) is 2.09. The van der Waals surface area contributed by atoms with Gasteiger partial charge in [0.15, 0.2) is 9.84 Å².